The first-order chi connectivity index (χ1) is 12.0. The Morgan fingerprint density at radius 2 is 2.08 bits per heavy atom. The Kier molecular flexibility index (Phi) is 4.92. The van der Waals surface area contributed by atoms with E-state index in [1.54, 1.807) is 6.07 Å². The van der Waals surface area contributed by atoms with Gasteiger partial charge in [-0.15, -0.1) is 0 Å². The highest BCUT2D eigenvalue weighted by atomic mass is 16.3. The molecule has 134 valence electrons. The molecule has 0 fully saturated rings. The average Bonchev–Trinajstić information content (AvgIpc) is 3.11. The van der Waals surface area contributed by atoms with Crippen molar-refractivity contribution in [2.24, 2.45) is 0 Å². The quantitative estimate of drug-likeness (QED) is 0.714. The van der Waals surface area contributed by atoms with Crippen LogP contribution in [0.1, 0.15) is 44.7 Å². The van der Waals surface area contributed by atoms with Crippen molar-refractivity contribution in [2.45, 2.75) is 53.0 Å². The normalized spacial score (nSPS) is 11.5. The third-order valence-corrected chi connectivity index (χ3v) is 4.22. The molecule has 0 aromatic carbocycles. The summed E-state index contributed by atoms with van der Waals surface area (Å²) in [4.78, 5) is 24.4. The smallest absolute Gasteiger partial charge is 0.291 e. The number of hydrogen-bond acceptors (Lipinski definition) is 4. The van der Waals surface area contributed by atoms with Gasteiger partial charge in [-0.3, -0.25) is 14.0 Å². The van der Waals surface area contributed by atoms with Gasteiger partial charge in [0.05, 0.1) is 5.52 Å². The molecule has 3 heterocycles. The van der Waals surface area contributed by atoms with E-state index in [0.717, 1.165) is 23.5 Å². The molecule has 0 aliphatic rings. The zero-order chi connectivity index (χ0) is 18.0. The van der Waals surface area contributed by atoms with Gasteiger partial charge in [0.1, 0.15) is 17.1 Å². The van der Waals surface area contributed by atoms with Gasteiger partial charge in [0.15, 0.2) is 5.58 Å². The zero-order valence-corrected chi connectivity index (χ0v) is 15.0. The number of rotatable bonds is 7. The summed E-state index contributed by atoms with van der Waals surface area (Å²) in [6, 6.07) is 3.70. The van der Waals surface area contributed by atoms with Crippen molar-refractivity contribution >= 4 is 22.5 Å². The predicted octanol–water partition coefficient (Wildman–Crippen LogP) is 2.42. The Morgan fingerprint density at radius 3 is 2.80 bits per heavy atom. The molecule has 7 nitrogen and oxygen atoms in total. The van der Waals surface area contributed by atoms with E-state index in [1.807, 2.05) is 31.2 Å². The summed E-state index contributed by atoms with van der Waals surface area (Å²) in [6.45, 7) is 7.02. The van der Waals surface area contributed by atoms with Crippen LogP contribution in [0.4, 0.5) is 0 Å². The number of nitrogens with one attached hydrogen (secondary N) is 1. The Morgan fingerprint density at radius 1 is 1.28 bits per heavy atom. The van der Waals surface area contributed by atoms with Crippen LogP contribution in [-0.4, -0.2) is 26.6 Å². The zero-order valence-electron chi connectivity index (χ0n) is 15.0. The number of fused-ring (bicyclic) bond motifs is 3. The third-order valence-electron chi connectivity index (χ3n) is 4.22. The lowest BCUT2D eigenvalue weighted by Gasteiger charge is -2.09. The SMILES string of the molecule is CCCNC(=O)CCCn1nc(CC)n2c(cc3oc(C)cc32)c1=O. The van der Waals surface area contributed by atoms with E-state index in [0.29, 0.717) is 43.5 Å². The van der Waals surface area contributed by atoms with E-state index in [9.17, 15) is 9.59 Å². The molecule has 3 aromatic heterocycles. The second-order valence-corrected chi connectivity index (χ2v) is 6.22. The van der Waals surface area contributed by atoms with Gasteiger partial charge in [-0.2, -0.15) is 5.10 Å². The molecule has 0 unspecified atom stereocenters. The van der Waals surface area contributed by atoms with E-state index < -0.39 is 0 Å². The Hall–Kier alpha value is -2.57. The molecule has 7 heteroatoms. The van der Waals surface area contributed by atoms with Crippen LogP contribution in [0.3, 0.4) is 0 Å². The first-order valence-corrected chi connectivity index (χ1v) is 8.83. The van der Waals surface area contributed by atoms with Crippen molar-refractivity contribution in [1.29, 1.82) is 0 Å². The number of furan rings is 1. The Bertz CT molecular complexity index is 964. The number of nitrogens with zero attached hydrogens (tertiary/aromatic N) is 3. The van der Waals surface area contributed by atoms with Crippen LogP contribution < -0.4 is 10.9 Å². The Labute approximate surface area is 145 Å². The summed E-state index contributed by atoms with van der Waals surface area (Å²) in [5.74, 6) is 1.63. The predicted molar refractivity (Wildman–Crippen MR) is 95.9 cm³/mol. The van der Waals surface area contributed by atoms with Crippen molar-refractivity contribution < 1.29 is 9.21 Å². The molecule has 25 heavy (non-hydrogen) atoms. The fourth-order valence-electron chi connectivity index (χ4n) is 3.04. The van der Waals surface area contributed by atoms with Gasteiger partial charge in [0, 0.05) is 38.1 Å². The molecule has 0 spiro atoms. The standard InChI is InChI=1S/C18H24N4O3/c1-4-8-19-17(23)7-6-9-21-18(24)14-11-15-13(10-12(3)25-15)22(14)16(5-2)20-21/h10-11H,4-9H2,1-3H3,(H,19,23). The maximum Gasteiger partial charge on any atom is 0.291 e. The van der Waals surface area contributed by atoms with Crippen LogP contribution in [0.25, 0.3) is 16.6 Å². The van der Waals surface area contributed by atoms with Gasteiger partial charge in [-0.25, -0.2) is 4.68 Å². The van der Waals surface area contributed by atoms with Crippen LogP contribution >= 0.6 is 0 Å². The molecule has 0 atom stereocenters. The molecular weight excluding hydrogens is 320 g/mol. The fraction of sp³-hybridized carbons (Fsp3) is 0.500. The number of amides is 1. The molecule has 0 saturated carbocycles. The van der Waals surface area contributed by atoms with Crippen molar-refractivity contribution in [3.8, 4) is 0 Å². The number of carbonyl (C=O) groups excluding carboxylic acids is 1. The maximum atomic E-state index is 12.7. The molecule has 1 N–H and O–H groups in total. The van der Waals surface area contributed by atoms with E-state index in [-0.39, 0.29) is 11.5 Å². The highest BCUT2D eigenvalue weighted by Crippen LogP contribution is 2.23. The molecule has 3 aromatic rings. The summed E-state index contributed by atoms with van der Waals surface area (Å²) >= 11 is 0. The van der Waals surface area contributed by atoms with Crippen molar-refractivity contribution in [2.75, 3.05) is 6.54 Å². The first kappa shape index (κ1) is 17.3. The summed E-state index contributed by atoms with van der Waals surface area (Å²) in [6.07, 6.45) is 2.58. The molecule has 0 aliphatic heterocycles. The fourth-order valence-corrected chi connectivity index (χ4v) is 3.04. The van der Waals surface area contributed by atoms with Crippen molar-refractivity contribution in [3.05, 3.63) is 34.1 Å². The van der Waals surface area contributed by atoms with E-state index in [2.05, 4.69) is 10.4 Å². The maximum absolute atomic E-state index is 12.7. The lowest BCUT2D eigenvalue weighted by atomic mass is 10.3. The number of carbonyl (C=O) groups is 1. The molecule has 0 bridgehead atoms. The van der Waals surface area contributed by atoms with Gasteiger partial charge in [-0.05, 0) is 19.8 Å². The minimum atomic E-state index is -0.157. The monoisotopic (exact) mass is 344 g/mol. The number of aryl methyl sites for hydroxylation is 3. The second-order valence-electron chi connectivity index (χ2n) is 6.22. The highest BCUT2D eigenvalue weighted by molar-refractivity contribution is 5.83. The van der Waals surface area contributed by atoms with Crippen LogP contribution in [0.5, 0.6) is 0 Å². The third kappa shape index (κ3) is 3.31. The summed E-state index contributed by atoms with van der Waals surface area (Å²) in [5.41, 5.74) is 1.98. The molecule has 1 amide bonds. The molecular formula is C18H24N4O3. The summed E-state index contributed by atoms with van der Waals surface area (Å²) in [5, 5.41) is 7.34. The van der Waals surface area contributed by atoms with Crippen LogP contribution in [-0.2, 0) is 17.8 Å². The van der Waals surface area contributed by atoms with Gasteiger partial charge in [0.25, 0.3) is 5.56 Å². The van der Waals surface area contributed by atoms with Crippen molar-refractivity contribution in [1.82, 2.24) is 19.5 Å². The minimum Gasteiger partial charge on any atom is -0.460 e. The van der Waals surface area contributed by atoms with Crippen LogP contribution in [0.2, 0.25) is 0 Å². The summed E-state index contributed by atoms with van der Waals surface area (Å²) in [7, 11) is 0. The molecule has 0 radical (unpaired) electrons. The summed E-state index contributed by atoms with van der Waals surface area (Å²) < 4.78 is 8.99. The second kappa shape index (κ2) is 7.13. The average molecular weight is 344 g/mol. The highest BCUT2D eigenvalue weighted by Gasteiger charge is 2.16. The van der Waals surface area contributed by atoms with E-state index >= 15 is 0 Å². The lowest BCUT2D eigenvalue weighted by molar-refractivity contribution is -0.121. The van der Waals surface area contributed by atoms with Crippen molar-refractivity contribution in [3.63, 3.8) is 0 Å². The number of aromatic nitrogens is 3. The Balaban J connectivity index is 1.88. The first-order valence-electron chi connectivity index (χ1n) is 8.83. The topological polar surface area (TPSA) is 81.5 Å². The number of hydrogen-bond donors (Lipinski definition) is 1. The minimum absolute atomic E-state index is 0.0161. The van der Waals surface area contributed by atoms with Gasteiger partial charge >= 0.3 is 0 Å². The lowest BCUT2D eigenvalue weighted by Crippen LogP contribution is -2.28. The van der Waals surface area contributed by atoms with Crippen LogP contribution in [0, 0.1) is 6.92 Å². The molecule has 0 saturated heterocycles. The van der Waals surface area contributed by atoms with E-state index in [4.69, 9.17) is 4.42 Å². The van der Waals surface area contributed by atoms with Gasteiger partial charge < -0.3 is 9.73 Å². The van der Waals surface area contributed by atoms with Gasteiger partial charge in [0.2, 0.25) is 5.91 Å². The largest absolute Gasteiger partial charge is 0.460 e. The van der Waals surface area contributed by atoms with Gasteiger partial charge in [-0.1, -0.05) is 13.8 Å². The molecule has 3 rings (SSSR count). The van der Waals surface area contributed by atoms with Crippen LogP contribution in [0.15, 0.2) is 21.3 Å². The molecule has 0 aliphatic carbocycles. The van der Waals surface area contributed by atoms with E-state index in [1.165, 1.54) is 4.68 Å².